The molecule has 1 amide bonds. The van der Waals surface area contributed by atoms with Crippen molar-refractivity contribution in [2.24, 2.45) is 5.92 Å². The Balaban J connectivity index is 1.30. The molecule has 1 aromatic heterocycles. The molecule has 168 valence electrons. The third kappa shape index (κ3) is 4.04. The summed E-state index contributed by atoms with van der Waals surface area (Å²) in [5.41, 5.74) is 2.38. The number of likely N-dealkylation sites (tertiary alicyclic amines) is 1. The van der Waals surface area contributed by atoms with Gasteiger partial charge in [-0.3, -0.25) is 4.79 Å². The number of aromatic amines is 1. The fourth-order valence-electron chi connectivity index (χ4n) is 4.75. The van der Waals surface area contributed by atoms with Crippen LogP contribution in [-0.4, -0.2) is 59.7 Å². The van der Waals surface area contributed by atoms with E-state index in [0.29, 0.717) is 37.3 Å². The van der Waals surface area contributed by atoms with Gasteiger partial charge in [-0.05, 0) is 50.3 Å². The van der Waals surface area contributed by atoms with Gasteiger partial charge in [0.25, 0.3) is 0 Å². The predicted molar refractivity (Wildman–Crippen MR) is 123 cm³/mol. The number of imidazole rings is 1. The van der Waals surface area contributed by atoms with Crippen LogP contribution in [0.2, 0.25) is 0 Å². The van der Waals surface area contributed by atoms with Gasteiger partial charge in [0.05, 0.1) is 15.9 Å². The van der Waals surface area contributed by atoms with Gasteiger partial charge in [0.1, 0.15) is 5.82 Å². The van der Waals surface area contributed by atoms with Gasteiger partial charge in [-0.15, -0.1) is 0 Å². The second-order valence-electron chi connectivity index (χ2n) is 8.69. The lowest BCUT2D eigenvalue weighted by Gasteiger charge is -2.35. The van der Waals surface area contributed by atoms with E-state index in [2.05, 4.69) is 9.97 Å². The molecule has 0 bridgehead atoms. The predicted octanol–water partition coefficient (Wildman–Crippen LogP) is 3.64. The summed E-state index contributed by atoms with van der Waals surface area (Å²) in [7, 11) is -3.62. The van der Waals surface area contributed by atoms with E-state index in [0.717, 1.165) is 37.0 Å². The third-order valence-electron chi connectivity index (χ3n) is 6.61. The number of hydrogen-bond acceptors (Lipinski definition) is 4. The van der Waals surface area contributed by atoms with E-state index in [1.165, 1.54) is 10.7 Å². The zero-order valence-electron chi connectivity index (χ0n) is 18.0. The molecule has 0 aliphatic carbocycles. The van der Waals surface area contributed by atoms with Crippen molar-refractivity contribution in [3.63, 3.8) is 0 Å². The highest BCUT2D eigenvalue weighted by molar-refractivity contribution is 7.89. The lowest BCUT2D eigenvalue weighted by molar-refractivity contribution is -0.137. The maximum absolute atomic E-state index is 13.3. The Hall–Kier alpha value is -2.71. The molecule has 3 aromatic rings. The molecule has 0 unspecified atom stereocenters. The van der Waals surface area contributed by atoms with Crippen molar-refractivity contribution in [3.05, 3.63) is 48.5 Å². The number of benzene rings is 2. The number of H-pyrrole nitrogens is 1. The van der Waals surface area contributed by atoms with E-state index in [4.69, 9.17) is 0 Å². The molecule has 0 spiro atoms. The number of carbonyl (C=O) groups is 1. The summed E-state index contributed by atoms with van der Waals surface area (Å²) in [5, 5.41) is 0. The molecule has 0 radical (unpaired) electrons. The Kier molecular flexibility index (Phi) is 5.73. The number of nitrogens with one attached hydrogen (secondary N) is 1. The van der Waals surface area contributed by atoms with Gasteiger partial charge in [-0.2, -0.15) is 4.31 Å². The minimum absolute atomic E-state index is 0.0666. The van der Waals surface area contributed by atoms with Crippen molar-refractivity contribution in [1.29, 1.82) is 0 Å². The molecule has 5 rings (SSSR count). The summed E-state index contributed by atoms with van der Waals surface area (Å²) in [5.74, 6) is 0.851. The minimum Gasteiger partial charge on any atom is -0.342 e. The van der Waals surface area contributed by atoms with Gasteiger partial charge in [-0.25, -0.2) is 13.4 Å². The molecule has 0 saturated carbocycles. The van der Waals surface area contributed by atoms with Crippen molar-refractivity contribution in [3.8, 4) is 11.4 Å². The standard InChI is InChI=1S/C24H28N4O3S/c29-24(27-13-5-2-6-14-27)19-11-15-28(16-12-19)32(30,31)20-9-10-21-22(17-20)26-23(25-21)18-7-3-1-4-8-18/h1,3-4,7-10,17,19H,2,5-6,11-16H2,(H,25,26). The molecule has 2 aromatic carbocycles. The molecule has 32 heavy (non-hydrogen) atoms. The largest absolute Gasteiger partial charge is 0.342 e. The highest BCUT2D eigenvalue weighted by Gasteiger charge is 2.34. The highest BCUT2D eigenvalue weighted by atomic mass is 32.2. The summed E-state index contributed by atoms with van der Waals surface area (Å²) >= 11 is 0. The van der Waals surface area contributed by atoms with Crippen LogP contribution in [0.15, 0.2) is 53.4 Å². The summed E-state index contributed by atoms with van der Waals surface area (Å²) in [4.78, 5) is 22.8. The molecule has 3 heterocycles. The van der Waals surface area contributed by atoms with Gasteiger partial charge >= 0.3 is 0 Å². The van der Waals surface area contributed by atoms with Gasteiger partial charge in [0.2, 0.25) is 15.9 Å². The van der Waals surface area contributed by atoms with Crippen LogP contribution in [-0.2, 0) is 14.8 Å². The average molecular weight is 453 g/mol. The first-order chi connectivity index (χ1) is 15.5. The quantitative estimate of drug-likeness (QED) is 0.655. The number of rotatable bonds is 4. The van der Waals surface area contributed by atoms with E-state index in [9.17, 15) is 13.2 Å². The second kappa shape index (κ2) is 8.67. The molecule has 8 heteroatoms. The molecular weight excluding hydrogens is 424 g/mol. The molecule has 2 saturated heterocycles. The number of piperidine rings is 2. The number of fused-ring (bicyclic) bond motifs is 1. The first-order valence-corrected chi connectivity index (χ1v) is 12.8. The van der Waals surface area contributed by atoms with Gasteiger partial charge in [-0.1, -0.05) is 30.3 Å². The summed E-state index contributed by atoms with van der Waals surface area (Å²) in [6.07, 6.45) is 4.49. The van der Waals surface area contributed by atoms with Crippen molar-refractivity contribution < 1.29 is 13.2 Å². The lowest BCUT2D eigenvalue weighted by atomic mass is 9.95. The molecule has 1 N–H and O–H groups in total. The zero-order valence-corrected chi connectivity index (χ0v) is 18.9. The van der Waals surface area contributed by atoms with Gasteiger partial charge < -0.3 is 9.88 Å². The normalized spacial score (nSPS) is 18.8. The van der Waals surface area contributed by atoms with Crippen molar-refractivity contribution >= 4 is 27.0 Å². The first-order valence-electron chi connectivity index (χ1n) is 11.4. The maximum atomic E-state index is 13.3. The Morgan fingerprint density at radius 2 is 1.66 bits per heavy atom. The van der Waals surface area contributed by atoms with Crippen LogP contribution in [0.25, 0.3) is 22.4 Å². The van der Waals surface area contributed by atoms with E-state index >= 15 is 0 Å². The molecule has 2 aliphatic heterocycles. The van der Waals surface area contributed by atoms with Crippen LogP contribution >= 0.6 is 0 Å². The first kappa shape index (κ1) is 21.2. The zero-order chi connectivity index (χ0) is 22.1. The molecule has 0 atom stereocenters. The number of amides is 1. The van der Waals surface area contributed by atoms with Gasteiger partial charge in [0, 0.05) is 37.7 Å². The second-order valence-corrected chi connectivity index (χ2v) is 10.6. The van der Waals surface area contributed by atoms with Crippen LogP contribution < -0.4 is 0 Å². The topological polar surface area (TPSA) is 86.4 Å². The lowest BCUT2D eigenvalue weighted by Crippen LogP contribution is -2.45. The SMILES string of the molecule is O=C(C1CCN(S(=O)(=O)c2ccc3nc(-c4ccccc4)[nH]c3c2)CC1)N1CCCCC1. The number of carbonyl (C=O) groups excluding carboxylic acids is 1. The third-order valence-corrected chi connectivity index (χ3v) is 8.50. The monoisotopic (exact) mass is 452 g/mol. The van der Waals surface area contributed by atoms with Crippen molar-refractivity contribution in [2.45, 2.75) is 37.0 Å². The maximum Gasteiger partial charge on any atom is 0.243 e. The van der Waals surface area contributed by atoms with Gasteiger partial charge in [0.15, 0.2) is 0 Å². The Morgan fingerprint density at radius 3 is 2.38 bits per heavy atom. The summed E-state index contributed by atoms with van der Waals surface area (Å²) < 4.78 is 28.1. The summed E-state index contributed by atoms with van der Waals surface area (Å²) in [6, 6.07) is 14.8. The van der Waals surface area contributed by atoms with Crippen LogP contribution in [0.5, 0.6) is 0 Å². The fraction of sp³-hybridized carbons (Fsp3) is 0.417. The number of sulfonamides is 1. The van der Waals surface area contributed by atoms with E-state index in [1.807, 2.05) is 35.2 Å². The Morgan fingerprint density at radius 1 is 0.938 bits per heavy atom. The Labute approximate surface area is 188 Å². The average Bonchev–Trinajstić information content (AvgIpc) is 3.28. The Bertz CT molecular complexity index is 1210. The van der Waals surface area contributed by atoms with E-state index in [1.54, 1.807) is 18.2 Å². The molecule has 7 nitrogen and oxygen atoms in total. The number of aromatic nitrogens is 2. The fourth-order valence-corrected chi connectivity index (χ4v) is 6.24. The molecular formula is C24H28N4O3S. The smallest absolute Gasteiger partial charge is 0.243 e. The van der Waals surface area contributed by atoms with Crippen LogP contribution in [0.1, 0.15) is 32.1 Å². The highest BCUT2D eigenvalue weighted by Crippen LogP contribution is 2.28. The number of nitrogens with zero attached hydrogens (tertiary/aromatic N) is 3. The van der Waals surface area contributed by atoms with Crippen LogP contribution in [0.4, 0.5) is 0 Å². The van der Waals surface area contributed by atoms with E-state index in [-0.39, 0.29) is 16.7 Å². The van der Waals surface area contributed by atoms with E-state index < -0.39 is 10.0 Å². The van der Waals surface area contributed by atoms with Crippen molar-refractivity contribution in [1.82, 2.24) is 19.2 Å². The van der Waals surface area contributed by atoms with Crippen LogP contribution in [0, 0.1) is 5.92 Å². The van der Waals surface area contributed by atoms with Crippen molar-refractivity contribution in [2.75, 3.05) is 26.2 Å². The molecule has 2 aliphatic rings. The number of hydrogen-bond donors (Lipinski definition) is 1. The molecule has 2 fully saturated rings. The minimum atomic E-state index is -3.62. The summed E-state index contributed by atoms with van der Waals surface area (Å²) in [6.45, 7) is 2.44. The van der Waals surface area contributed by atoms with Crippen LogP contribution in [0.3, 0.4) is 0 Å².